The second kappa shape index (κ2) is 8.81. The molecular weight excluding hydrogens is 364 g/mol. The van der Waals surface area contributed by atoms with Gasteiger partial charge >= 0.3 is 0 Å². The number of nitrogens with zero attached hydrogens (tertiary/aromatic N) is 1. The molecule has 1 aliphatic heterocycles. The zero-order valence-corrected chi connectivity index (χ0v) is 16.9. The summed E-state index contributed by atoms with van der Waals surface area (Å²) in [6.07, 6.45) is 2.14. The molecule has 1 saturated heterocycles. The van der Waals surface area contributed by atoms with Crippen LogP contribution in [0, 0.1) is 19.8 Å². The number of methoxy groups -OCH3 is 1. The first-order valence-corrected chi connectivity index (χ1v) is 9.74. The number of halogens is 1. The quantitative estimate of drug-likeness (QED) is 0.803. The third-order valence-electron chi connectivity index (χ3n) is 5.20. The maximum absolute atomic E-state index is 12.5. The number of hydrogen-bond donors (Lipinski definition) is 1. The number of carbonyl (C=O) groups is 1. The molecule has 27 heavy (non-hydrogen) atoms. The Morgan fingerprint density at radius 1 is 1.30 bits per heavy atom. The van der Waals surface area contributed by atoms with Gasteiger partial charge in [0.25, 0.3) is 5.91 Å². The summed E-state index contributed by atoms with van der Waals surface area (Å²) >= 11 is 6.01. The van der Waals surface area contributed by atoms with Gasteiger partial charge in [-0.2, -0.15) is 0 Å². The third-order valence-corrected chi connectivity index (χ3v) is 5.44. The van der Waals surface area contributed by atoms with Crippen molar-refractivity contribution < 1.29 is 13.9 Å². The van der Waals surface area contributed by atoms with Crippen LogP contribution in [0.5, 0.6) is 5.75 Å². The van der Waals surface area contributed by atoms with Gasteiger partial charge in [-0.25, -0.2) is 0 Å². The highest BCUT2D eigenvalue weighted by atomic mass is 35.5. The number of furan rings is 1. The maximum atomic E-state index is 12.5. The number of carbonyl (C=O) groups excluding carboxylic acids is 1. The molecule has 1 N–H and O–H groups in total. The molecule has 3 rings (SSSR count). The molecule has 1 amide bonds. The molecule has 2 heterocycles. The highest BCUT2D eigenvalue weighted by Crippen LogP contribution is 2.24. The van der Waals surface area contributed by atoms with Crippen molar-refractivity contribution >= 4 is 17.5 Å². The van der Waals surface area contributed by atoms with Crippen molar-refractivity contribution in [3.8, 4) is 5.75 Å². The van der Waals surface area contributed by atoms with E-state index in [0.29, 0.717) is 28.8 Å². The van der Waals surface area contributed by atoms with E-state index in [1.165, 1.54) is 5.56 Å². The molecule has 0 aliphatic carbocycles. The highest BCUT2D eigenvalue weighted by molar-refractivity contribution is 6.31. The Morgan fingerprint density at radius 2 is 2.04 bits per heavy atom. The van der Waals surface area contributed by atoms with Gasteiger partial charge in [-0.15, -0.1) is 0 Å². The number of aryl methyl sites for hydroxylation is 2. The lowest BCUT2D eigenvalue weighted by molar-refractivity contribution is 0.0932. The highest BCUT2D eigenvalue weighted by Gasteiger charge is 2.22. The smallest absolute Gasteiger partial charge is 0.255 e. The summed E-state index contributed by atoms with van der Waals surface area (Å²) in [5, 5.41) is 3.56. The van der Waals surface area contributed by atoms with Crippen molar-refractivity contribution in [1.82, 2.24) is 10.2 Å². The Bertz CT molecular complexity index is 795. The van der Waals surface area contributed by atoms with Crippen LogP contribution in [0.15, 0.2) is 28.7 Å². The molecule has 0 unspecified atom stereocenters. The molecule has 1 aromatic heterocycles. The maximum Gasteiger partial charge on any atom is 0.255 e. The van der Waals surface area contributed by atoms with Crippen LogP contribution in [0.25, 0.3) is 0 Å². The fourth-order valence-electron chi connectivity index (χ4n) is 3.62. The van der Waals surface area contributed by atoms with E-state index in [1.54, 1.807) is 25.3 Å². The molecule has 0 radical (unpaired) electrons. The number of likely N-dealkylation sites (tertiary alicyclic amines) is 1. The van der Waals surface area contributed by atoms with Crippen LogP contribution in [0.3, 0.4) is 0 Å². The van der Waals surface area contributed by atoms with Crippen LogP contribution < -0.4 is 10.1 Å². The second-order valence-corrected chi connectivity index (χ2v) is 7.65. The topological polar surface area (TPSA) is 54.7 Å². The van der Waals surface area contributed by atoms with Gasteiger partial charge in [0.05, 0.1) is 12.7 Å². The zero-order valence-electron chi connectivity index (χ0n) is 16.2. The first-order valence-electron chi connectivity index (χ1n) is 9.36. The van der Waals surface area contributed by atoms with Gasteiger partial charge in [-0.3, -0.25) is 9.69 Å². The van der Waals surface area contributed by atoms with E-state index in [4.69, 9.17) is 20.8 Å². The fourth-order valence-corrected chi connectivity index (χ4v) is 3.79. The van der Waals surface area contributed by atoms with Crippen LogP contribution in [0.1, 0.15) is 40.3 Å². The molecule has 2 aromatic rings. The van der Waals surface area contributed by atoms with Gasteiger partial charge in [0, 0.05) is 23.7 Å². The Labute approximate surface area is 165 Å². The number of nitrogens with one attached hydrogen (secondary N) is 1. The SMILES string of the molecule is COc1ccc(Cl)cc1C(=O)NCC1CCN(Cc2cc(C)oc2C)CC1. The average Bonchev–Trinajstić information content (AvgIpc) is 2.97. The van der Waals surface area contributed by atoms with Crippen LogP contribution in [0.2, 0.25) is 5.02 Å². The molecule has 1 fully saturated rings. The monoisotopic (exact) mass is 390 g/mol. The first-order chi connectivity index (χ1) is 13.0. The minimum Gasteiger partial charge on any atom is -0.496 e. The Kier molecular flexibility index (Phi) is 6.45. The largest absolute Gasteiger partial charge is 0.496 e. The second-order valence-electron chi connectivity index (χ2n) is 7.21. The summed E-state index contributed by atoms with van der Waals surface area (Å²) in [4.78, 5) is 14.9. The Hall–Kier alpha value is -1.98. The molecule has 1 aliphatic rings. The predicted octanol–water partition coefficient (Wildman–Crippen LogP) is 4.20. The van der Waals surface area contributed by atoms with Crippen LogP contribution in [0.4, 0.5) is 0 Å². The van der Waals surface area contributed by atoms with E-state index in [2.05, 4.69) is 16.3 Å². The molecule has 0 bridgehead atoms. The number of hydrogen-bond acceptors (Lipinski definition) is 4. The summed E-state index contributed by atoms with van der Waals surface area (Å²) in [5.74, 6) is 2.87. The molecule has 1 aromatic carbocycles. The van der Waals surface area contributed by atoms with Gasteiger partial charge in [-0.05, 0) is 70.0 Å². The van der Waals surface area contributed by atoms with Gasteiger partial charge in [0.1, 0.15) is 17.3 Å². The average molecular weight is 391 g/mol. The fraction of sp³-hybridized carbons (Fsp3) is 0.476. The van der Waals surface area contributed by atoms with Crippen LogP contribution in [-0.2, 0) is 6.54 Å². The minimum atomic E-state index is -0.138. The van der Waals surface area contributed by atoms with Gasteiger partial charge in [0.15, 0.2) is 0 Å². The van der Waals surface area contributed by atoms with Crippen molar-refractivity contribution in [2.75, 3.05) is 26.7 Å². The summed E-state index contributed by atoms with van der Waals surface area (Å²) in [5.41, 5.74) is 1.75. The number of ether oxygens (including phenoxy) is 1. The molecule has 146 valence electrons. The molecule has 0 atom stereocenters. The van der Waals surface area contributed by atoms with Gasteiger partial charge in [-0.1, -0.05) is 11.6 Å². The molecular formula is C21H27ClN2O3. The Balaban J connectivity index is 1.47. The van der Waals surface area contributed by atoms with Crippen molar-refractivity contribution in [3.05, 3.63) is 51.9 Å². The first kappa shape index (κ1) is 19.8. The number of rotatable bonds is 6. The van der Waals surface area contributed by atoms with Crippen LogP contribution >= 0.6 is 11.6 Å². The molecule has 6 heteroatoms. The van der Waals surface area contributed by atoms with E-state index in [9.17, 15) is 4.79 Å². The van der Waals surface area contributed by atoms with E-state index in [-0.39, 0.29) is 5.91 Å². The summed E-state index contributed by atoms with van der Waals surface area (Å²) in [7, 11) is 1.55. The lowest BCUT2D eigenvalue weighted by Crippen LogP contribution is -2.38. The molecule has 5 nitrogen and oxygen atoms in total. The van der Waals surface area contributed by atoms with Crippen molar-refractivity contribution in [3.63, 3.8) is 0 Å². The van der Waals surface area contributed by atoms with E-state index in [0.717, 1.165) is 44.0 Å². The third kappa shape index (κ3) is 5.05. The molecule has 0 saturated carbocycles. The number of piperidine rings is 1. The van der Waals surface area contributed by atoms with E-state index >= 15 is 0 Å². The summed E-state index contributed by atoms with van der Waals surface area (Å²) < 4.78 is 10.9. The van der Waals surface area contributed by atoms with Gasteiger partial charge in [0.2, 0.25) is 0 Å². The van der Waals surface area contributed by atoms with Gasteiger partial charge < -0.3 is 14.5 Å². The van der Waals surface area contributed by atoms with Crippen LogP contribution in [-0.4, -0.2) is 37.6 Å². The van der Waals surface area contributed by atoms with Crippen molar-refractivity contribution in [1.29, 1.82) is 0 Å². The lowest BCUT2D eigenvalue weighted by Gasteiger charge is -2.31. The lowest BCUT2D eigenvalue weighted by atomic mass is 9.96. The van der Waals surface area contributed by atoms with Crippen molar-refractivity contribution in [2.24, 2.45) is 5.92 Å². The van der Waals surface area contributed by atoms with E-state index < -0.39 is 0 Å². The molecule has 0 spiro atoms. The van der Waals surface area contributed by atoms with Crippen molar-refractivity contribution in [2.45, 2.75) is 33.2 Å². The number of benzene rings is 1. The summed E-state index contributed by atoms with van der Waals surface area (Å²) in [6.45, 7) is 7.68. The predicted molar refractivity (Wildman–Crippen MR) is 107 cm³/mol. The standard InChI is InChI=1S/C21H27ClN2O3/c1-14-10-17(15(2)27-14)13-24-8-6-16(7-9-24)12-23-21(25)19-11-18(22)4-5-20(19)26-3/h4-5,10-11,16H,6-9,12-13H2,1-3H3,(H,23,25). The summed E-state index contributed by atoms with van der Waals surface area (Å²) in [6, 6.07) is 7.21. The normalized spacial score (nSPS) is 15.7. The van der Waals surface area contributed by atoms with E-state index in [1.807, 2.05) is 13.8 Å². The Morgan fingerprint density at radius 3 is 2.67 bits per heavy atom. The number of amides is 1. The minimum absolute atomic E-state index is 0.138. The zero-order chi connectivity index (χ0) is 19.4.